The molecule has 0 unspecified atom stereocenters. The number of carbonyl (C=O) groups is 1. The lowest BCUT2D eigenvalue weighted by atomic mass is 9.69. The molecule has 0 atom stereocenters. The highest BCUT2D eigenvalue weighted by Gasteiger charge is 2.45. The first kappa shape index (κ1) is 13.7. The van der Waals surface area contributed by atoms with Gasteiger partial charge in [-0.3, -0.25) is 4.79 Å². The third-order valence-corrected chi connectivity index (χ3v) is 4.38. The van der Waals surface area contributed by atoms with Crippen molar-refractivity contribution < 1.29 is 9.90 Å². The highest BCUT2D eigenvalue weighted by Crippen LogP contribution is 2.43. The molecule has 0 amide bonds. The maximum Gasteiger partial charge on any atom is 0.311 e. The minimum Gasteiger partial charge on any atom is -0.481 e. The molecule has 0 saturated heterocycles. The Kier molecular flexibility index (Phi) is 3.23. The van der Waals surface area contributed by atoms with Gasteiger partial charge in [0.1, 0.15) is 0 Å². The summed E-state index contributed by atoms with van der Waals surface area (Å²) in [5.41, 5.74) is 2.46. The molecule has 0 spiro atoms. The van der Waals surface area contributed by atoms with E-state index in [0.717, 1.165) is 23.1 Å². The molecule has 1 heterocycles. The Morgan fingerprint density at radius 2 is 2.14 bits per heavy atom. The van der Waals surface area contributed by atoms with Crippen LogP contribution in [0, 0.1) is 19.3 Å². The number of hydrogen-bond acceptors (Lipinski definition) is 4. The van der Waals surface area contributed by atoms with Crippen molar-refractivity contribution in [3.05, 3.63) is 29.3 Å². The maximum atomic E-state index is 11.5. The number of carboxylic acids is 1. The lowest BCUT2D eigenvalue weighted by Gasteiger charge is -2.37. The topological polar surface area (TPSA) is 80.9 Å². The number of aromatic nitrogens is 4. The number of hydrogen-bond donors (Lipinski definition) is 1. The molecule has 1 aromatic heterocycles. The van der Waals surface area contributed by atoms with E-state index in [2.05, 4.69) is 15.5 Å². The molecule has 1 aliphatic carbocycles. The van der Waals surface area contributed by atoms with Crippen LogP contribution in [0.4, 0.5) is 0 Å². The van der Waals surface area contributed by atoms with Crippen molar-refractivity contribution in [1.82, 2.24) is 20.2 Å². The largest absolute Gasteiger partial charge is 0.481 e. The zero-order valence-electron chi connectivity index (χ0n) is 12.2. The van der Waals surface area contributed by atoms with Crippen LogP contribution >= 0.6 is 0 Å². The zero-order valence-corrected chi connectivity index (χ0v) is 12.2. The molecule has 1 saturated carbocycles. The minimum atomic E-state index is -0.754. The van der Waals surface area contributed by atoms with E-state index in [1.54, 1.807) is 4.68 Å². The fraction of sp³-hybridized carbons (Fsp3) is 0.467. The number of benzene rings is 1. The van der Waals surface area contributed by atoms with Gasteiger partial charge in [-0.05, 0) is 48.7 Å². The highest BCUT2D eigenvalue weighted by atomic mass is 16.4. The summed E-state index contributed by atoms with van der Waals surface area (Å²) in [5, 5.41) is 21.3. The standard InChI is InChI=1S/C15H18N4O2/c1-10-4-5-11(2)12(8-10)13-16-17-18-19(13)9-15(14(20)21)6-3-7-15/h4-5,8H,3,6-7,9H2,1-2H3,(H,20,21). The second-order valence-corrected chi connectivity index (χ2v) is 5.92. The Hall–Kier alpha value is -2.24. The third-order valence-electron chi connectivity index (χ3n) is 4.38. The minimum absolute atomic E-state index is 0.331. The van der Waals surface area contributed by atoms with Crippen LogP contribution in [-0.4, -0.2) is 31.3 Å². The van der Waals surface area contributed by atoms with Gasteiger partial charge in [-0.2, -0.15) is 0 Å². The highest BCUT2D eigenvalue weighted by molar-refractivity contribution is 5.75. The number of aliphatic carboxylic acids is 1. The Morgan fingerprint density at radius 1 is 1.38 bits per heavy atom. The summed E-state index contributed by atoms with van der Waals surface area (Å²) in [6, 6.07) is 6.10. The first-order chi connectivity index (χ1) is 10.0. The summed E-state index contributed by atoms with van der Waals surface area (Å²) in [7, 11) is 0. The van der Waals surface area contributed by atoms with Gasteiger partial charge in [0.15, 0.2) is 5.82 Å². The molecule has 0 aliphatic heterocycles. The number of aryl methyl sites for hydroxylation is 2. The first-order valence-corrected chi connectivity index (χ1v) is 7.09. The molecular weight excluding hydrogens is 268 g/mol. The van der Waals surface area contributed by atoms with E-state index >= 15 is 0 Å². The van der Waals surface area contributed by atoms with Crippen molar-refractivity contribution in [3.63, 3.8) is 0 Å². The van der Waals surface area contributed by atoms with Gasteiger partial charge in [0.25, 0.3) is 0 Å². The lowest BCUT2D eigenvalue weighted by Crippen LogP contribution is -2.42. The van der Waals surface area contributed by atoms with E-state index in [0.29, 0.717) is 25.2 Å². The van der Waals surface area contributed by atoms with Gasteiger partial charge in [0.2, 0.25) is 0 Å². The van der Waals surface area contributed by atoms with Crippen molar-refractivity contribution in [2.45, 2.75) is 39.7 Å². The normalized spacial score (nSPS) is 16.5. The summed E-state index contributed by atoms with van der Waals surface area (Å²) >= 11 is 0. The van der Waals surface area contributed by atoms with Crippen molar-refractivity contribution >= 4 is 5.97 Å². The van der Waals surface area contributed by atoms with E-state index in [1.165, 1.54) is 0 Å². The number of tetrazole rings is 1. The molecule has 1 fully saturated rings. The van der Waals surface area contributed by atoms with Crippen LogP contribution in [0.25, 0.3) is 11.4 Å². The van der Waals surface area contributed by atoms with Crippen LogP contribution in [0.5, 0.6) is 0 Å². The molecule has 1 aliphatic rings. The van der Waals surface area contributed by atoms with Crippen LogP contribution in [-0.2, 0) is 11.3 Å². The molecule has 110 valence electrons. The number of nitrogens with zero attached hydrogens (tertiary/aromatic N) is 4. The van der Waals surface area contributed by atoms with Crippen LogP contribution in [0.15, 0.2) is 18.2 Å². The summed E-state index contributed by atoms with van der Waals surface area (Å²) in [5.74, 6) is -0.111. The smallest absolute Gasteiger partial charge is 0.311 e. The number of rotatable bonds is 4. The van der Waals surface area contributed by atoms with Crippen molar-refractivity contribution in [1.29, 1.82) is 0 Å². The van der Waals surface area contributed by atoms with E-state index in [1.807, 2.05) is 32.0 Å². The molecule has 6 nitrogen and oxygen atoms in total. The van der Waals surface area contributed by atoms with E-state index in [-0.39, 0.29) is 0 Å². The Bertz CT molecular complexity index is 689. The average Bonchev–Trinajstić information content (AvgIpc) is 2.84. The SMILES string of the molecule is Cc1ccc(C)c(-c2nnnn2CC2(C(=O)O)CCC2)c1. The first-order valence-electron chi connectivity index (χ1n) is 7.09. The van der Waals surface area contributed by atoms with E-state index in [9.17, 15) is 9.90 Å². The molecule has 6 heteroatoms. The molecule has 21 heavy (non-hydrogen) atoms. The monoisotopic (exact) mass is 286 g/mol. The fourth-order valence-electron chi connectivity index (χ4n) is 2.81. The van der Waals surface area contributed by atoms with Crippen LogP contribution < -0.4 is 0 Å². The third kappa shape index (κ3) is 2.30. The van der Waals surface area contributed by atoms with Crippen molar-refractivity contribution in [3.8, 4) is 11.4 Å². The molecule has 1 N–H and O–H groups in total. The van der Waals surface area contributed by atoms with Crippen LogP contribution in [0.3, 0.4) is 0 Å². The van der Waals surface area contributed by atoms with Gasteiger partial charge in [0.05, 0.1) is 12.0 Å². The van der Waals surface area contributed by atoms with Gasteiger partial charge < -0.3 is 5.11 Å². The molecule has 1 aromatic carbocycles. The molecule has 2 aromatic rings. The van der Waals surface area contributed by atoms with Gasteiger partial charge in [-0.25, -0.2) is 4.68 Å². The van der Waals surface area contributed by atoms with Crippen molar-refractivity contribution in [2.75, 3.05) is 0 Å². The van der Waals surface area contributed by atoms with Gasteiger partial charge >= 0.3 is 5.97 Å². The Morgan fingerprint density at radius 3 is 2.76 bits per heavy atom. The summed E-state index contributed by atoms with van der Waals surface area (Å²) < 4.78 is 1.63. The van der Waals surface area contributed by atoms with Crippen LogP contribution in [0.2, 0.25) is 0 Å². The zero-order chi connectivity index (χ0) is 15.0. The second kappa shape index (κ2) is 4.95. The summed E-state index contributed by atoms with van der Waals surface area (Å²) in [6.45, 7) is 4.35. The predicted molar refractivity (Wildman–Crippen MR) is 76.6 cm³/mol. The average molecular weight is 286 g/mol. The summed E-state index contributed by atoms with van der Waals surface area (Å²) in [4.78, 5) is 11.5. The second-order valence-electron chi connectivity index (χ2n) is 5.92. The molecule has 3 rings (SSSR count). The van der Waals surface area contributed by atoms with Gasteiger partial charge in [-0.1, -0.05) is 24.1 Å². The van der Waals surface area contributed by atoms with E-state index < -0.39 is 11.4 Å². The fourth-order valence-corrected chi connectivity index (χ4v) is 2.81. The molecule has 0 bridgehead atoms. The van der Waals surface area contributed by atoms with Gasteiger partial charge in [-0.15, -0.1) is 5.10 Å². The lowest BCUT2D eigenvalue weighted by molar-refractivity contribution is -0.156. The van der Waals surface area contributed by atoms with Gasteiger partial charge in [0, 0.05) is 5.56 Å². The van der Waals surface area contributed by atoms with E-state index in [4.69, 9.17) is 0 Å². The Balaban J connectivity index is 1.98. The maximum absolute atomic E-state index is 11.5. The summed E-state index contributed by atoms with van der Waals surface area (Å²) in [6.07, 6.45) is 2.33. The van der Waals surface area contributed by atoms with Crippen molar-refractivity contribution in [2.24, 2.45) is 5.41 Å². The molecule has 0 radical (unpaired) electrons. The van der Waals surface area contributed by atoms with Crippen LogP contribution in [0.1, 0.15) is 30.4 Å². The predicted octanol–water partition coefficient (Wildman–Crippen LogP) is 2.21. The number of carboxylic acid groups (broad SMARTS) is 1. The quantitative estimate of drug-likeness (QED) is 0.932. The molecular formula is C15H18N4O2. The Labute approximate surface area is 122 Å².